The lowest BCUT2D eigenvalue weighted by atomic mass is 10.1. The zero-order valence-corrected chi connectivity index (χ0v) is 12.9. The topological polar surface area (TPSA) is 65.2 Å². The molecular weight excluding hydrogens is 356 g/mol. The van der Waals surface area contributed by atoms with Crippen molar-refractivity contribution in [3.05, 3.63) is 64.1 Å². The molecule has 1 aromatic carbocycles. The minimum Gasteiger partial charge on any atom is -0.434 e. The number of halogens is 4. The summed E-state index contributed by atoms with van der Waals surface area (Å²) in [5.41, 5.74) is -0.686. The number of aromatic nitrogens is 2. The number of alkyl halides is 4. The summed E-state index contributed by atoms with van der Waals surface area (Å²) in [6.45, 7) is -3.21. The lowest BCUT2D eigenvalue weighted by Crippen LogP contribution is -2.05. The molecule has 2 heterocycles. The van der Waals surface area contributed by atoms with Crippen LogP contribution in [0.4, 0.5) is 17.6 Å². The van der Waals surface area contributed by atoms with E-state index in [1.807, 2.05) is 0 Å². The highest BCUT2D eigenvalue weighted by Crippen LogP contribution is 2.31. The lowest BCUT2D eigenvalue weighted by Gasteiger charge is -2.10. The van der Waals surface area contributed by atoms with Crippen LogP contribution in [0.1, 0.15) is 23.4 Å². The molecule has 3 rings (SSSR count). The Labute approximate surface area is 143 Å². The molecule has 0 aliphatic heterocycles. The number of fused-ring (bicyclic) bond motifs is 1. The van der Waals surface area contributed by atoms with Crippen LogP contribution in [0, 0.1) is 0 Å². The van der Waals surface area contributed by atoms with E-state index >= 15 is 0 Å². The molecule has 0 aliphatic carbocycles. The van der Waals surface area contributed by atoms with Gasteiger partial charge in [-0.3, -0.25) is 4.98 Å². The van der Waals surface area contributed by atoms with Crippen LogP contribution in [0.5, 0.6) is 5.75 Å². The summed E-state index contributed by atoms with van der Waals surface area (Å²) in [5.74, 6) is -0.643. The van der Waals surface area contributed by atoms with Gasteiger partial charge in [0.2, 0.25) is 5.89 Å². The fourth-order valence-electron chi connectivity index (χ4n) is 2.22. The molecule has 134 valence electrons. The van der Waals surface area contributed by atoms with Crippen molar-refractivity contribution in [1.82, 2.24) is 9.97 Å². The summed E-state index contributed by atoms with van der Waals surface area (Å²) in [7, 11) is 0. The molecule has 0 bridgehead atoms. The number of hydrogen-bond donors (Lipinski definition) is 0. The van der Waals surface area contributed by atoms with Crippen LogP contribution in [0.2, 0.25) is 0 Å². The van der Waals surface area contributed by atoms with Crippen molar-refractivity contribution in [3.63, 3.8) is 0 Å². The van der Waals surface area contributed by atoms with E-state index in [0.29, 0.717) is 5.52 Å². The second-order valence-corrected chi connectivity index (χ2v) is 5.04. The zero-order valence-electron chi connectivity index (χ0n) is 12.9. The second-order valence-electron chi connectivity index (χ2n) is 5.04. The predicted octanol–water partition coefficient (Wildman–Crippen LogP) is 4.29. The fourth-order valence-corrected chi connectivity index (χ4v) is 2.22. The molecule has 9 heteroatoms. The first kappa shape index (κ1) is 17.6. The minimum absolute atomic E-state index is 0.0415. The minimum atomic E-state index is -3.21. The van der Waals surface area contributed by atoms with E-state index in [-0.39, 0.29) is 16.8 Å². The molecule has 0 saturated carbocycles. The molecule has 2 aromatic heterocycles. The molecule has 0 amide bonds. The van der Waals surface area contributed by atoms with Gasteiger partial charge in [-0.05, 0) is 29.8 Å². The quantitative estimate of drug-likeness (QED) is 0.630. The van der Waals surface area contributed by atoms with Crippen LogP contribution < -0.4 is 10.4 Å². The van der Waals surface area contributed by atoms with E-state index in [4.69, 9.17) is 4.42 Å². The van der Waals surface area contributed by atoms with Gasteiger partial charge in [0.25, 0.3) is 6.43 Å². The molecule has 0 saturated heterocycles. The third kappa shape index (κ3) is 3.88. The average Bonchev–Trinajstić information content (AvgIpc) is 2.60. The van der Waals surface area contributed by atoms with E-state index in [2.05, 4.69) is 14.7 Å². The molecule has 0 aliphatic rings. The van der Waals surface area contributed by atoms with Gasteiger partial charge < -0.3 is 9.15 Å². The summed E-state index contributed by atoms with van der Waals surface area (Å²) in [5, 5.41) is 0.207. The number of hydrogen-bond acceptors (Lipinski definition) is 5. The van der Waals surface area contributed by atoms with Crippen LogP contribution >= 0.6 is 0 Å². The summed E-state index contributed by atoms with van der Waals surface area (Å²) in [6.07, 6.45) is 2.44. The van der Waals surface area contributed by atoms with Crippen LogP contribution in [0.25, 0.3) is 23.1 Å². The molecule has 0 N–H and O–H groups in total. The van der Waals surface area contributed by atoms with Gasteiger partial charge >= 0.3 is 12.2 Å². The highest BCUT2D eigenvalue weighted by atomic mass is 19.3. The standard InChI is InChI=1S/C17H10F4N2O3/c18-15(19)10-7-9(1-3-13(10)25-17(20)21)2-4-14-23-12-5-6-22-8-11(12)16(24)26-14/h1-8,15,17H/b4-2+. The Bertz CT molecular complexity index is 1020. The smallest absolute Gasteiger partial charge is 0.387 e. The van der Waals surface area contributed by atoms with Crippen molar-refractivity contribution in [2.45, 2.75) is 13.0 Å². The van der Waals surface area contributed by atoms with Crippen molar-refractivity contribution in [3.8, 4) is 5.75 Å². The average molecular weight is 366 g/mol. The number of benzene rings is 1. The van der Waals surface area contributed by atoms with Gasteiger partial charge in [-0.2, -0.15) is 8.78 Å². The van der Waals surface area contributed by atoms with Gasteiger partial charge in [0, 0.05) is 18.5 Å². The highest BCUT2D eigenvalue weighted by Gasteiger charge is 2.17. The molecule has 0 unspecified atom stereocenters. The van der Waals surface area contributed by atoms with Crippen molar-refractivity contribution >= 4 is 23.1 Å². The Morgan fingerprint density at radius 3 is 2.65 bits per heavy atom. The molecule has 3 aromatic rings. The number of ether oxygens (including phenoxy) is 1. The lowest BCUT2D eigenvalue weighted by molar-refractivity contribution is -0.0519. The summed E-state index contributed by atoms with van der Waals surface area (Å²) >= 11 is 0. The highest BCUT2D eigenvalue weighted by molar-refractivity contribution is 5.77. The first-order valence-corrected chi connectivity index (χ1v) is 7.24. The van der Waals surface area contributed by atoms with Crippen LogP contribution in [0.3, 0.4) is 0 Å². The van der Waals surface area contributed by atoms with Gasteiger partial charge in [-0.1, -0.05) is 6.07 Å². The van der Waals surface area contributed by atoms with Gasteiger partial charge in [0.15, 0.2) is 0 Å². The van der Waals surface area contributed by atoms with Gasteiger partial charge in [0.1, 0.15) is 11.1 Å². The number of nitrogens with zero attached hydrogens (tertiary/aromatic N) is 2. The van der Waals surface area contributed by atoms with Crippen LogP contribution in [-0.2, 0) is 0 Å². The Hall–Kier alpha value is -3.23. The third-order valence-electron chi connectivity index (χ3n) is 3.35. The van der Waals surface area contributed by atoms with Crippen molar-refractivity contribution in [2.24, 2.45) is 0 Å². The van der Waals surface area contributed by atoms with E-state index in [0.717, 1.165) is 12.1 Å². The maximum atomic E-state index is 13.0. The second kappa shape index (κ2) is 7.34. The van der Waals surface area contributed by atoms with E-state index in [1.165, 1.54) is 36.7 Å². The maximum absolute atomic E-state index is 13.0. The molecule has 26 heavy (non-hydrogen) atoms. The Morgan fingerprint density at radius 2 is 1.92 bits per heavy atom. The molecular formula is C17H10F4N2O3. The summed E-state index contributed by atoms with van der Waals surface area (Å²) in [4.78, 5) is 19.7. The third-order valence-corrected chi connectivity index (χ3v) is 3.35. The molecule has 0 radical (unpaired) electrons. The van der Waals surface area contributed by atoms with E-state index in [1.54, 1.807) is 0 Å². The zero-order chi connectivity index (χ0) is 18.7. The van der Waals surface area contributed by atoms with Gasteiger partial charge in [-0.25, -0.2) is 18.6 Å². The normalized spacial score (nSPS) is 11.8. The molecule has 0 fully saturated rings. The molecule has 0 spiro atoms. The molecule has 5 nitrogen and oxygen atoms in total. The molecule has 0 atom stereocenters. The number of rotatable bonds is 5. The largest absolute Gasteiger partial charge is 0.434 e. The summed E-state index contributed by atoms with van der Waals surface area (Å²) in [6, 6.07) is 4.85. The van der Waals surface area contributed by atoms with Crippen molar-refractivity contribution in [2.75, 3.05) is 0 Å². The fraction of sp³-hybridized carbons (Fsp3) is 0.118. The Morgan fingerprint density at radius 1 is 1.12 bits per heavy atom. The van der Waals surface area contributed by atoms with Gasteiger partial charge in [0.05, 0.1) is 11.1 Å². The van der Waals surface area contributed by atoms with Crippen molar-refractivity contribution in [1.29, 1.82) is 0 Å². The van der Waals surface area contributed by atoms with E-state index < -0.39 is 30.0 Å². The SMILES string of the molecule is O=c1oc(/C=C/c2ccc(OC(F)F)c(C(F)F)c2)nc2ccncc12. The maximum Gasteiger partial charge on any atom is 0.387 e. The van der Waals surface area contributed by atoms with Crippen LogP contribution in [0.15, 0.2) is 45.9 Å². The van der Waals surface area contributed by atoms with Gasteiger partial charge in [-0.15, -0.1) is 0 Å². The van der Waals surface area contributed by atoms with E-state index in [9.17, 15) is 22.4 Å². The number of pyridine rings is 1. The Balaban J connectivity index is 1.93. The predicted molar refractivity (Wildman–Crippen MR) is 85.0 cm³/mol. The first-order chi connectivity index (χ1) is 12.4. The summed E-state index contributed by atoms with van der Waals surface area (Å²) < 4.78 is 59.6. The van der Waals surface area contributed by atoms with Crippen molar-refractivity contribution < 1.29 is 26.7 Å². The first-order valence-electron chi connectivity index (χ1n) is 7.24. The monoisotopic (exact) mass is 366 g/mol. The van der Waals surface area contributed by atoms with Crippen LogP contribution in [-0.4, -0.2) is 16.6 Å². The Kier molecular flexibility index (Phi) is 4.97.